The summed E-state index contributed by atoms with van der Waals surface area (Å²) in [6.45, 7) is 4.07. The van der Waals surface area contributed by atoms with Gasteiger partial charge in [-0.25, -0.2) is 0 Å². The fourth-order valence-corrected chi connectivity index (χ4v) is 7.11. The number of hydrogen-bond acceptors (Lipinski definition) is 9. The molecule has 0 fully saturated rings. The van der Waals surface area contributed by atoms with Crippen molar-refractivity contribution in [1.82, 2.24) is 5.32 Å². The molecule has 0 aliphatic heterocycles. The average Bonchev–Trinajstić information content (AvgIpc) is 3.12. The number of phosphoric acid groups is 1. The fraction of sp³-hybridized carbons (Fsp3) is 0.952. The van der Waals surface area contributed by atoms with Gasteiger partial charge in [-0.15, -0.1) is 0 Å². The molecule has 310 valence electrons. The molecule has 52 heavy (non-hydrogen) atoms. The van der Waals surface area contributed by atoms with Crippen LogP contribution >= 0.6 is 7.82 Å². The highest BCUT2D eigenvalue weighted by Gasteiger charge is 2.21. The van der Waals surface area contributed by atoms with Crippen LogP contribution < -0.4 is 10.2 Å². The topological polar surface area (TPSA) is 123 Å². The number of unbranched alkanes of at least 4 members (excludes halogenated alkanes) is 28. The van der Waals surface area contributed by atoms with E-state index in [9.17, 15) is 19.0 Å². The number of esters is 2. The van der Waals surface area contributed by atoms with Crippen LogP contribution in [-0.2, 0) is 32.7 Å². The Morgan fingerprint density at radius 3 is 1.23 bits per heavy atom. The molecule has 0 bridgehead atoms. The molecule has 0 aromatic rings. The summed E-state index contributed by atoms with van der Waals surface area (Å²) in [5, 5.41) is 2.80. The van der Waals surface area contributed by atoms with Crippen LogP contribution in [0.2, 0.25) is 0 Å². The van der Waals surface area contributed by atoms with Gasteiger partial charge in [0.15, 0.2) is 6.10 Å². The lowest BCUT2D eigenvalue weighted by molar-refractivity contribution is -0.228. The normalized spacial score (nSPS) is 13.2. The van der Waals surface area contributed by atoms with Gasteiger partial charge in [0, 0.05) is 19.4 Å². The lowest BCUT2D eigenvalue weighted by atomic mass is 10.0. The van der Waals surface area contributed by atoms with E-state index in [2.05, 4.69) is 19.2 Å². The zero-order valence-electron chi connectivity index (χ0n) is 34.2. The van der Waals surface area contributed by atoms with E-state index in [0.717, 1.165) is 32.1 Å². The van der Waals surface area contributed by atoms with Crippen LogP contribution in [0.1, 0.15) is 219 Å². The summed E-state index contributed by atoms with van der Waals surface area (Å²) in [7, 11) is -2.91. The van der Waals surface area contributed by atoms with Crippen molar-refractivity contribution in [3.8, 4) is 0 Å². The minimum absolute atomic E-state index is 0.0742. The lowest BCUT2D eigenvalue weighted by Gasteiger charge is -2.25. The quantitative estimate of drug-likeness (QED) is 0.0368. The minimum atomic E-state index is -4.59. The Bertz CT molecular complexity index is 830. The first-order valence-corrected chi connectivity index (χ1v) is 23.4. The third kappa shape index (κ3) is 38.7. The maximum absolute atomic E-state index is 12.6. The highest BCUT2D eigenvalue weighted by atomic mass is 31.2. The molecule has 1 unspecified atom stereocenters. The molecule has 9 nitrogen and oxygen atoms in total. The van der Waals surface area contributed by atoms with Gasteiger partial charge < -0.3 is 28.7 Å². The molecular weight excluding hydrogens is 677 g/mol. The number of phosphoric ester groups is 1. The van der Waals surface area contributed by atoms with Gasteiger partial charge in [-0.3, -0.25) is 14.2 Å². The third-order valence-electron chi connectivity index (χ3n) is 9.72. The second kappa shape index (κ2) is 39.7. The SMILES string of the molecule is CCCCCCCCCCCCCCCCCC(=O)OC[C@H](COP(=O)([O-])OCCNC)OC(=O)CCCCCCCCCCCCCCCCC. The number of hydrogen-bond donors (Lipinski definition) is 1. The molecule has 0 aromatic carbocycles. The van der Waals surface area contributed by atoms with Crippen LogP contribution in [-0.4, -0.2) is 51.5 Å². The molecule has 2 atom stereocenters. The molecule has 10 heteroatoms. The van der Waals surface area contributed by atoms with Crippen LogP contribution in [0, 0.1) is 0 Å². The van der Waals surface area contributed by atoms with Gasteiger partial charge in [-0.05, 0) is 19.9 Å². The molecule has 0 rings (SSSR count). The Kier molecular flexibility index (Phi) is 38.9. The van der Waals surface area contributed by atoms with Gasteiger partial charge in [-0.1, -0.05) is 194 Å². The predicted molar refractivity (Wildman–Crippen MR) is 213 cm³/mol. The van der Waals surface area contributed by atoms with Gasteiger partial charge in [0.2, 0.25) is 0 Å². The maximum Gasteiger partial charge on any atom is 0.306 e. The van der Waals surface area contributed by atoms with Crippen LogP contribution in [0.5, 0.6) is 0 Å². The van der Waals surface area contributed by atoms with Gasteiger partial charge in [-0.2, -0.15) is 0 Å². The molecule has 1 N–H and O–H groups in total. The van der Waals surface area contributed by atoms with Crippen molar-refractivity contribution in [2.24, 2.45) is 0 Å². The molecule has 0 aliphatic carbocycles. The number of nitrogens with one attached hydrogen (secondary N) is 1. The van der Waals surface area contributed by atoms with Crippen molar-refractivity contribution >= 4 is 19.8 Å². The minimum Gasteiger partial charge on any atom is -0.756 e. The van der Waals surface area contributed by atoms with E-state index in [-0.39, 0.29) is 32.0 Å². The van der Waals surface area contributed by atoms with E-state index in [1.54, 1.807) is 7.05 Å². The summed E-state index contributed by atoms with van der Waals surface area (Å²) in [6, 6.07) is 0. The number of rotatable bonds is 42. The molecule has 0 aromatic heterocycles. The number of carbonyl (C=O) groups is 2. The second-order valence-corrected chi connectivity index (χ2v) is 16.3. The van der Waals surface area contributed by atoms with Crippen molar-refractivity contribution in [1.29, 1.82) is 0 Å². The van der Waals surface area contributed by atoms with Gasteiger partial charge in [0.25, 0.3) is 7.82 Å². The van der Waals surface area contributed by atoms with E-state index in [1.807, 2.05) is 0 Å². The van der Waals surface area contributed by atoms with E-state index >= 15 is 0 Å². The Morgan fingerprint density at radius 2 is 0.865 bits per heavy atom. The second-order valence-electron chi connectivity index (χ2n) is 14.9. The van der Waals surface area contributed by atoms with Crippen molar-refractivity contribution < 1.29 is 37.6 Å². The van der Waals surface area contributed by atoms with E-state index in [4.69, 9.17) is 18.5 Å². The molecule has 0 spiro atoms. The molecule has 0 aliphatic rings. The van der Waals surface area contributed by atoms with Crippen LogP contribution in [0.25, 0.3) is 0 Å². The van der Waals surface area contributed by atoms with E-state index < -0.39 is 26.5 Å². The molecule has 0 saturated carbocycles. The molecule has 0 amide bonds. The van der Waals surface area contributed by atoms with Crippen molar-refractivity contribution in [2.45, 2.75) is 225 Å². The summed E-state index contributed by atoms with van der Waals surface area (Å²) >= 11 is 0. The molecule has 0 radical (unpaired) electrons. The smallest absolute Gasteiger partial charge is 0.306 e. The zero-order chi connectivity index (χ0) is 38.2. The first kappa shape index (κ1) is 51.0. The lowest BCUT2D eigenvalue weighted by Crippen LogP contribution is -2.30. The summed E-state index contributed by atoms with van der Waals surface area (Å²) in [4.78, 5) is 37.1. The van der Waals surface area contributed by atoms with Gasteiger partial charge in [0.05, 0.1) is 13.2 Å². The number of ether oxygens (including phenoxy) is 2. The molecule has 0 heterocycles. The van der Waals surface area contributed by atoms with Crippen LogP contribution in [0.15, 0.2) is 0 Å². The highest BCUT2D eigenvalue weighted by molar-refractivity contribution is 7.45. The van der Waals surface area contributed by atoms with Gasteiger partial charge >= 0.3 is 11.9 Å². The average molecular weight is 761 g/mol. The van der Waals surface area contributed by atoms with Crippen LogP contribution in [0.3, 0.4) is 0 Å². The Labute approximate surface area is 320 Å². The monoisotopic (exact) mass is 761 g/mol. The standard InChI is InChI=1S/C42H84NO8P/c1-4-6-8-10-12-14-16-18-20-22-24-26-28-30-32-34-41(44)48-38-40(39-50-52(46,47)49-37-36-43-3)51-42(45)35-33-31-29-27-25-23-21-19-17-15-13-11-9-7-5-2/h40,43H,4-39H2,1-3H3,(H,46,47)/p-1/t40-/m1/s1. The molecular formula is C42H83NO8P-. The zero-order valence-corrected chi connectivity index (χ0v) is 35.1. The van der Waals surface area contributed by atoms with Crippen LogP contribution in [0.4, 0.5) is 0 Å². The third-order valence-corrected chi connectivity index (χ3v) is 10.7. The summed E-state index contributed by atoms with van der Waals surface area (Å²) in [5.41, 5.74) is 0. The predicted octanol–water partition coefficient (Wildman–Crippen LogP) is 11.7. The summed E-state index contributed by atoms with van der Waals surface area (Å²) in [6.07, 6.45) is 36.9. The highest BCUT2D eigenvalue weighted by Crippen LogP contribution is 2.38. The van der Waals surface area contributed by atoms with Crippen molar-refractivity contribution in [2.75, 3.05) is 33.4 Å². The fourth-order valence-electron chi connectivity index (χ4n) is 6.37. The van der Waals surface area contributed by atoms with Crippen molar-refractivity contribution in [3.63, 3.8) is 0 Å². The van der Waals surface area contributed by atoms with Crippen molar-refractivity contribution in [3.05, 3.63) is 0 Å². The largest absolute Gasteiger partial charge is 0.756 e. The maximum atomic E-state index is 12.6. The molecule has 0 saturated heterocycles. The Balaban J connectivity index is 4.17. The summed E-state index contributed by atoms with van der Waals surface area (Å²) in [5.74, 6) is -0.827. The van der Waals surface area contributed by atoms with E-state index in [0.29, 0.717) is 13.0 Å². The first-order valence-electron chi connectivity index (χ1n) is 21.9. The first-order chi connectivity index (χ1) is 25.3. The van der Waals surface area contributed by atoms with Gasteiger partial charge in [0.1, 0.15) is 6.61 Å². The summed E-state index contributed by atoms with van der Waals surface area (Å²) < 4.78 is 32.8. The Hall–Kier alpha value is -0.990. The Morgan fingerprint density at radius 1 is 0.519 bits per heavy atom. The number of likely N-dealkylation sites (N-methyl/N-ethyl adjacent to an activating group) is 1. The van der Waals surface area contributed by atoms with E-state index in [1.165, 1.54) is 154 Å². The number of carbonyl (C=O) groups excluding carboxylic acids is 2.